The first-order valence-electron chi connectivity index (χ1n) is 19.1. The van der Waals surface area contributed by atoms with Crippen molar-refractivity contribution in [1.82, 2.24) is 0 Å². The van der Waals surface area contributed by atoms with Crippen LogP contribution in [-0.4, -0.2) is 6.54 Å². The van der Waals surface area contributed by atoms with E-state index in [1.165, 1.54) is 153 Å². The largest absolute Gasteiger partial charge is 0.385 e. The van der Waals surface area contributed by atoms with Crippen molar-refractivity contribution in [2.24, 2.45) is 5.92 Å². The molecule has 1 aliphatic rings. The molecule has 0 spiro atoms. The van der Waals surface area contributed by atoms with Gasteiger partial charge in [-0.2, -0.15) is 0 Å². The Morgan fingerprint density at radius 2 is 1.09 bits per heavy atom. The Balaban J connectivity index is 0.000000830. The highest BCUT2D eigenvalue weighted by atomic mass is 14.9. The van der Waals surface area contributed by atoms with Crippen LogP contribution in [0.4, 0.5) is 5.69 Å². The SMILES string of the molecule is C/C=C/CCC(CCC/C=C/CCCCCCC)CNc1ccccc1.C/C=C/CCCCCCC.C1=CCCCCCC1. The topological polar surface area (TPSA) is 12.0 Å². The molecule has 0 aliphatic heterocycles. The van der Waals surface area contributed by atoms with E-state index < -0.39 is 0 Å². The third-order valence-corrected chi connectivity index (χ3v) is 8.34. The van der Waals surface area contributed by atoms with Crippen LogP contribution in [0.2, 0.25) is 0 Å². The summed E-state index contributed by atoms with van der Waals surface area (Å²) in [7, 11) is 0. The van der Waals surface area contributed by atoms with E-state index in [-0.39, 0.29) is 0 Å². The molecule has 1 heteroatoms. The lowest BCUT2D eigenvalue weighted by Gasteiger charge is -2.17. The molecule has 0 amide bonds. The molecule has 252 valence electrons. The number of rotatable bonds is 22. The van der Waals surface area contributed by atoms with Gasteiger partial charge in [0.25, 0.3) is 0 Å². The van der Waals surface area contributed by atoms with Gasteiger partial charge in [-0.1, -0.05) is 145 Å². The maximum absolute atomic E-state index is 3.62. The van der Waals surface area contributed by atoms with Crippen LogP contribution in [0.3, 0.4) is 0 Å². The fraction of sp³-hybridized carbons (Fsp3) is 0.674. The number of unbranched alkanes of at least 4 members (excludes halogenated alkanes) is 11. The fourth-order valence-corrected chi connectivity index (χ4v) is 5.44. The lowest BCUT2D eigenvalue weighted by molar-refractivity contribution is 0.462. The van der Waals surface area contributed by atoms with Crippen molar-refractivity contribution in [2.45, 2.75) is 175 Å². The van der Waals surface area contributed by atoms with Crippen LogP contribution in [0.1, 0.15) is 175 Å². The Hall–Kier alpha value is -2.02. The molecule has 1 nitrogen and oxygen atoms in total. The van der Waals surface area contributed by atoms with Crippen molar-refractivity contribution in [3.63, 3.8) is 0 Å². The molecule has 1 unspecified atom stereocenters. The third-order valence-electron chi connectivity index (χ3n) is 8.34. The second-order valence-electron chi connectivity index (χ2n) is 12.6. The minimum absolute atomic E-state index is 0.758. The van der Waals surface area contributed by atoms with Crippen molar-refractivity contribution in [2.75, 3.05) is 11.9 Å². The summed E-state index contributed by atoms with van der Waals surface area (Å²) < 4.78 is 0. The van der Waals surface area contributed by atoms with Crippen LogP contribution in [0, 0.1) is 5.92 Å². The van der Waals surface area contributed by atoms with Gasteiger partial charge in [0.1, 0.15) is 0 Å². The monoisotopic (exact) mass is 606 g/mol. The predicted octanol–water partition coefficient (Wildman–Crippen LogP) is 15.0. The summed E-state index contributed by atoms with van der Waals surface area (Å²) in [6, 6.07) is 10.6. The zero-order valence-electron chi connectivity index (χ0n) is 30.1. The molecule has 0 saturated carbocycles. The highest BCUT2D eigenvalue weighted by Gasteiger charge is 2.07. The van der Waals surface area contributed by atoms with Gasteiger partial charge in [0, 0.05) is 12.2 Å². The molecule has 1 aromatic rings. The van der Waals surface area contributed by atoms with E-state index >= 15 is 0 Å². The first kappa shape index (κ1) is 42.0. The van der Waals surface area contributed by atoms with Gasteiger partial charge >= 0.3 is 0 Å². The highest BCUT2D eigenvalue weighted by Crippen LogP contribution is 2.18. The molecule has 0 bridgehead atoms. The molecule has 1 aliphatic carbocycles. The van der Waals surface area contributed by atoms with Crippen LogP contribution in [-0.2, 0) is 0 Å². The summed E-state index contributed by atoms with van der Waals surface area (Å²) in [5, 5.41) is 3.62. The summed E-state index contributed by atoms with van der Waals surface area (Å²) in [5.74, 6) is 0.758. The van der Waals surface area contributed by atoms with Gasteiger partial charge in [-0.05, 0) is 115 Å². The van der Waals surface area contributed by atoms with Crippen molar-refractivity contribution >= 4 is 5.69 Å². The molecular weight excluding hydrogens is 530 g/mol. The number of benzene rings is 1. The van der Waals surface area contributed by atoms with E-state index in [2.05, 4.69) is 112 Å². The van der Waals surface area contributed by atoms with Crippen molar-refractivity contribution in [3.05, 3.63) is 78.9 Å². The van der Waals surface area contributed by atoms with E-state index in [0.29, 0.717) is 0 Å². The Morgan fingerprint density at radius 1 is 0.568 bits per heavy atom. The molecular formula is C43H75N. The van der Waals surface area contributed by atoms with Gasteiger partial charge in [-0.25, -0.2) is 0 Å². The Morgan fingerprint density at radius 3 is 1.66 bits per heavy atom. The van der Waals surface area contributed by atoms with Crippen LogP contribution in [0.15, 0.2) is 78.9 Å². The molecule has 0 heterocycles. The van der Waals surface area contributed by atoms with Gasteiger partial charge in [0.05, 0.1) is 0 Å². The van der Waals surface area contributed by atoms with Crippen molar-refractivity contribution in [1.29, 1.82) is 0 Å². The second kappa shape index (κ2) is 37.2. The number of hydrogen-bond donors (Lipinski definition) is 1. The minimum atomic E-state index is 0.758. The summed E-state index contributed by atoms with van der Waals surface area (Å²) in [4.78, 5) is 0. The van der Waals surface area contributed by atoms with Crippen molar-refractivity contribution in [3.8, 4) is 0 Å². The molecule has 0 aromatic heterocycles. The van der Waals surface area contributed by atoms with Gasteiger partial charge in [-0.3, -0.25) is 0 Å². The molecule has 0 saturated heterocycles. The summed E-state index contributed by atoms with van der Waals surface area (Å²) in [6.07, 6.45) is 49.5. The Labute approximate surface area is 277 Å². The minimum Gasteiger partial charge on any atom is -0.385 e. The smallest absolute Gasteiger partial charge is 0.0340 e. The van der Waals surface area contributed by atoms with Crippen LogP contribution < -0.4 is 5.32 Å². The number of hydrogen-bond acceptors (Lipinski definition) is 1. The average Bonchev–Trinajstić information content (AvgIpc) is 3.03. The maximum atomic E-state index is 3.62. The predicted molar refractivity (Wildman–Crippen MR) is 204 cm³/mol. The lowest BCUT2D eigenvalue weighted by atomic mass is 9.96. The van der Waals surface area contributed by atoms with Gasteiger partial charge < -0.3 is 5.32 Å². The first-order valence-corrected chi connectivity index (χ1v) is 19.1. The van der Waals surface area contributed by atoms with E-state index in [1.54, 1.807) is 0 Å². The van der Waals surface area contributed by atoms with E-state index in [9.17, 15) is 0 Å². The number of allylic oxidation sites excluding steroid dienone is 8. The molecule has 1 N–H and O–H groups in total. The maximum Gasteiger partial charge on any atom is 0.0340 e. The van der Waals surface area contributed by atoms with Crippen LogP contribution in [0.25, 0.3) is 0 Å². The van der Waals surface area contributed by atoms with Crippen molar-refractivity contribution < 1.29 is 0 Å². The first-order chi connectivity index (χ1) is 21.8. The molecule has 0 fully saturated rings. The van der Waals surface area contributed by atoms with E-state index in [4.69, 9.17) is 0 Å². The number of para-hydroxylation sites is 1. The Bertz CT molecular complexity index is 761. The third kappa shape index (κ3) is 32.9. The average molecular weight is 606 g/mol. The summed E-state index contributed by atoms with van der Waals surface area (Å²) in [6.45, 7) is 9.83. The lowest BCUT2D eigenvalue weighted by Crippen LogP contribution is -2.14. The standard InChI is InChI=1S/C25H41N.C10H20.C8H14/c1-3-5-7-8-9-10-11-12-13-16-20-24(19-15-6-4-2)23-26-25-21-17-14-18-22-25;1-3-5-7-9-10-8-6-4-2;1-2-4-6-8-7-5-3-1/h4,6,11-12,14,17-18,21-22,24,26H,3,5,7-10,13,15-16,19-20,23H2,1-2H3;3,5H,4,6-10H2,1-2H3;1-2H,3-8H2/b6-4+,12-11+;5-3+;. The number of nitrogens with one attached hydrogen (secondary N) is 1. The summed E-state index contributed by atoms with van der Waals surface area (Å²) >= 11 is 0. The molecule has 1 aromatic carbocycles. The van der Waals surface area contributed by atoms with Crippen LogP contribution in [0.5, 0.6) is 0 Å². The number of anilines is 1. The molecule has 0 radical (unpaired) electrons. The fourth-order valence-electron chi connectivity index (χ4n) is 5.44. The van der Waals surface area contributed by atoms with E-state index in [0.717, 1.165) is 12.5 Å². The zero-order valence-corrected chi connectivity index (χ0v) is 30.1. The molecule has 44 heavy (non-hydrogen) atoms. The highest BCUT2D eigenvalue weighted by molar-refractivity contribution is 5.42. The van der Waals surface area contributed by atoms with Gasteiger partial charge in [-0.15, -0.1) is 0 Å². The van der Waals surface area contributed by atoms with Gasteiger partial charge in [0.15, 0.2) is 0 Å². The molecule has 2 rings (SSSR count). The van der Waals surface area contributed by atoms with E-state index in [1.807, 2.05) is 0 Å². The summed E-state index contributed by atoms with van der Waals surface area (Å²) in [5.41, 5.74) is 1.24. The normalized spacial score (nSPS) is 14.1. The second-order valence-corrected chi connectivity index (χ2v) is 12.6. The Kier molecular flexibility index (Phi) is 35.5. The molecule has 1 atom stereocenters. The van der Waals surface area contributed by atoms with Gasteiger partial charge in [0.2, 0.25) is 0 Å². The van der Waals surface area contributed by atoms with Crippen LogP contribution >= 0.6 is 0 Å². The quantitative estimate of drug-likeness (QED) is 0.102. The zero-order chi connectivity index (χ0) is 32.0.